The first-order chi connectivity index (χ1) is 4.81. The van der Waals surface area contributed by atoms with Gasteiger partial charge in [-0.3, -0.25) is 0 Å². The molecule has 0 spiro atoms. The second kappa shape index (κ2) is 9.18. The van der Waals surface area contributed by atoms with Gasteiger partial charge in [0.25, 0.3) is 0 Å². The van der Waals surface area contributed by atoms with E-state index >= 15 is 0 Å². The summed E-state index contributed by atoms with van der Waals surface area (Å²) in [6.07, 6.45) is 0. The molecule has 64 valence electrons. The van der Waals surface area contributed by atoms with Gasteiger partial charge in [0, 0.05) is 21.1 Å². The summed E-state index contributed by atoms with van der Waals surface area (Å²) in [5.74, 6) is 0. The van der Waals surface area contributed by atoms with Gasteiger partial charge in [-0.05, 0) is 0 Å². The maximum absolute atomic E-state index is 8.00. The molecule has 3 nitrogen and oxygen atoms in total. The van der Waals surface area contributed by atoms with E-state index in [9.17, 15) is 0 Å². The molecule has 1 aromatic carbocycles. The summed E-state index contributed by atoms with van der Waals surface area (Å²) in [5.41, 5.74) is 1.07. The molecular formula is C7H7NO2Pt-2. The van der Waals surface area contributed by atoms with E-state index in [1.807, 2.05) is 30.3 Å². The first kappa shape index (κ1) is 12.8. The molecule has 0 atom stereocenters. The SMILES string of the molecule is O=N[O-].[CH2-]c1ccccc1.[Pt]. The normalized spacial score (nSPS) is 6.55. The summed E-state index contributed by atoms with van der Waals surface area (Å²) in [7, 11) is 0. The number of hydrogen-bond acceptors (Lipinski definition) is 3. The Bertz CT molecular complexity index is 179. The average Bonchev–Trinajstić information content (AvgIpc) is 1.91. The van der Waals surface area contributed by atoms with Crippen molar-refractivity contribution in [2.45, 2.75) is 0 Å². The second-order valence-corrected chi connectivity index (χ2v) is 1.56. The average molecular weight is 332 g/mol. The molecule has 0 saturated heterocycles. The van der Waals surface area contributed by atoms with Crippen molar-refractivity contribution >= 4 is 0 Å². The van der Waals surface area contributed by atoms with Crippen LogP contribution in [0.25, 0.3) is 0 Å². The second-order valence-electron chi connectivity index (χ2n) is 1.56. The predicted molar refractivity (Wildman–Crippen MR) is 40.1 cm³/mol. The van der Waals surface area contributed by atoms with Crippen LogP contribution in [0.15, 0.2) is 35.7 Å². The van der Waals surface area contributed by atoms with E-state index in [1.54, 1.807) is 0 Å². The molecule has 0 saturated carbocycles. The molecule has 0 fully saturated rings. The minimum absolute atomic E-state index is 0. The number of rotatable bonds is 0. The fraction of sp³-hybridized carbons (Fsp3) is 0. The van der Waals surface area contributed by atoms with Gasteiger partial charge in [0.2, 0.25) is 0 Å². The molecule has 4 heteroatoms. The summed E-state index contributed by atoms with van der Waals surface area (Å²) >= 11 is 0. The van der Waals surface area contributed by atoms with Crippen LogP contribution in [0.1, 0.15) is 5.56 Å². The molecule has 0 unspecified atom stereocenters. The molecule has 0 aliphatic heterocycles. The Labute approximate surface area is 79.6 Å². The van der Waals surface area contributed by atoms with Crippen molar-refractivity contribution in [1.29, 1.82) is 0 Å². The van der Waals surface area contributed by atoms with Gasteiger partial charge in [-0.25, -0.2) is 0 Å². The third kappa shape index (κ3) is 9.18. The van der Waals surface area contributed by atoms with Gasteiger partial charge in [0.05, 0.1) is 0 Å². The Morgan fingerprint density at radius 1 is 1.27 bits per heavy atom. The fourth-order valence-electron chi connectivity index (χ4n) is 0.478. The minimum atomic E-state index is 0. The van der Waals surface area contributed by atoms with Crippen LogP contribution in [0.4, 0.5) is 0 Å². The van der Waals surface area contributed by atoms with Crippen LogP contribution in [0.2, 0.25) is 0 Å². The van der Waals surface area contributed by atoms with E-state index in [-0.39, 0.29) is 21.1 Å². The maximum Gasteiger partial charge on any atom is 0 e. The summed E-state index contributed by atoms with van der Waals surface area (Å²) in [6, 6.07) is 9.87. The zero-order valence-corrected chi connectivity index (χ0v) is 7.95. The molecule has 1 aromatic rings. The van der Waals surface area contributed by atoms with Crippen LogP contribution in [0.5, 0.6) is 0 Å². The van der Waals surface area contributed by atoms with Crippen molar-refractivity contribution in [3.8, 4) is 0 Å². The molecule has 0 radical (unpaired) electrons. The molecule has 0 aromatic heterocycles. The van der Waals surface area contributed by atoms with Gasteiger partial charge < -0.3 is 10.1 Å². The van der Waals surface area contributed by atoms with E-state index < -0.39 is 0 Å². The molecule has 11 heavy (non-hydrogen) atoms. The summed E-state index contributed by atoms with van der Waals surface area (Å²) in [6.45, 7) is 3.72. The van der Waals surface area contributed by atoms with Crippen LogP contribution in [0.3, 0.4) is 0 Å². The van der Waals surface area contributed by atoms with Crippen LogP contribution in [0, 0.1) is 17.0 Å². The van der Waals surface area contributed by atoms with Crippen LogP contribution >= 0.6 is 0 Å². The van der Waals surface area contributed by atoms with Crippen molar-refractivity contribution < 1.29 is 21.1 Å². The summed E-state index contributed by atoms with van der Waals surface area (Å²) < 4.78 is 0. The smallest absolute Gasteiger partial charge is 0 e. The van der Waals surface area contributed by atoms with E-state index in [1.165, 1.54) is 0 Å². The standard InChI is InChI=1S/C7H7.HNO2.Pt/c1-7-5-3-2-4-6-7;2-1-3;/h2-6H,1H2;(H,2,3);/q-1;;/p-1. The number of benzene rings is 1. The molecule has 0 aliphatic carbocycles. The molecular weight excluding hydrogens is 325 g/mol. The first-order valence-corrected chi connectivity index (χ1v) is 2.63. The monoisotopic (exact) mass is 332 g/mol. The van der Waals surface area contributed by atoms with Crippen LogP contribution < -0.4 is 0 Å². The van der Waals surface area contributed by atoms with E-state index in [2.05, 4.69) is 6.92 Å². The summed E-state index contributed by atoms with van der Waals surface area (Å²) in [5, 5.41) is 9.00. The zero-order valence-electron chi connectivity index (χ0n) is 5.67. The van der Waals surface area contributed by atoms with E-state index in [4.69, 9.17) is 10.1 Å². The molecule has 0 bridgehead atoms. The van der Waals surface area contributed by atoms with Gasteiger partial charge in [-0.15, -0.1) is 17.5 Å². The molecule has 1 rings (SSSR count). The molecule has 0 heterocycles. The van der Waals surface area contributed by atoms with Gasteiger partial charge in [0.1, 0.15) is 0 Å². The van der Waals surface area contributed by atoms with Crippen molar-refractivity contribution in [2.24, 2.45) is 5.34 Å². The van der Waals surface area contributed by atoms with Crippen molar-refractivity contribution in [3.63, 3.8) is 0 Å². The Morgan fingerprint density at radius 2 is 1.64 bits per heavy atom. The van der Waals surface area contributed by atoms with Gasteiger partial charge in [-0.2, -0.15) is 24.6 Å². The van der Waals surface area contributed by atoms with E-state index in [0.717, 1.165) is 10.9 Å². The van der Waals surface area contributed by atoms with Crippen LogP contribution in [-0.4, -0.2) is 0 Å². The first-order valence-electron chi connectivity index (χ1n) is 2.63. The Balaban J connectivity index is 0. The van der Waals surface area contributed by atoms with E-state index in [0.29, 0.717) is 0 Å². The zero-order chi connectivity index (χ0) is 7.82. The van der Waals surface area contributed by atoms with Crippen LogP contribution in [-0.2, 0) is 21.1 Å². The molecule has 0 amide bonds. The number of hydrogen-bond donors (Lipinski definition) is 0. The fourth-order valence-corrected chi connectivity index (χ4v) is 0.478. The van der Waals surface area contributed by atoms with Gasteiger partial charge >= 0.3 is 0 Å². The Morgan fingerprint density at radius 3 is 1.82 bits per heavy atom. The minimum Gasteiger partial charge on any atom is -0.444 e. The third-order valence-electron chi connectivity index (χ3n) is 0.843. The topological polar surface area (TPSA) is 52.5 Å². The Kier molecular flexibility index (Phi) is 10.7. The quantitative estimate of drug-likeness (QED) is 0.415. The van der Waals surface area contributed by atoms with Crippen molar-refractivity contribution in [1.82, 2.24) is 0 Å². The maximum atomic E-state index is 8.00. The predicted octanol–water partition coefficient (Wildman–Crippen LogP) is 2.12. The van der Waals surface area contributed by atoms with Gasteiger partial charge in [-0.1, -0.05) is 6.07 Å². The van der Waals surface area contributed by atoms with Crippen molar-refractivity contribution in [3.05, 3.63) is 52.9 Å². The summed E-state index contributed by atoms with van der Waals surface area (Å²) in [4.78, 5) is 8.00. The van der Waals surface area contributed by atoms with Gasteiger partial charge in [0.15, 0.2) is 0 Å². The molecule has 0 N–H and O–H groups in total. The molecule has 0 aliphatic rings. The van der Waals surface area contributed by atoms with Crippen molar-refractivity contribution in [2.75, 3.05) is 0 Å². The Hall–Kier alpha value is -0.822. The largest absolute Gasteiger partial charge is 0.444 e. The third-order valence-corrected chi connectivity index (χ3v) is 0.843. The number of nitrogens with zero attached hydrogens (tertiary/aromatic N) is 1.